The summed E-state index contributed by atoms with van der Waals surface area (Å²) in [5.41, 5.74) is 4.06. The molecule has 0 aliphatic heterocycles. The third kappa shape index (κ3) is 14.2. The molecule has 0 aromatic rings. The van der Waals surface area contributed by atoms with Crippen LogP contribution >= 0.6 is 0 Å². The van der Waals surface area contributed by atoms with E-state index in [1.165, 1.54) is 16.7 Å². The van der Waals surface area contributed by atoms with Gasteiger partial charge < -0.3 is 14.9 Å². The molecule has 0 bridgehead atoms. The lowest BCUT2D eigenvalue weighted by atomic mass is 10.1. The van der Waals surface area contributed by atoms with Gasteiger partial charge in [-0.15, -0.1) is 0 Å². The van der Waals surface area contributed by atoms with Crippen molar-refractivity contribution in [1.29, 1.82) is 0 Å². The summed E-state index contributed by atoms with van der Waals surface area (Å²) in [4.78, 5) is 11.4. The molecule has 0 amide bonds. The van der Waals surface area contributed by atoms with Gasteiger partial charge in [-0.1, -0.05) is 34.9 Å². The van der Waals surface area contributed by atoms with Crippen LogP contribution in [0.3, 0.4) is 0 Å². The van der Waals surface area contributed by atoms with E-state index in [0.717, 1.165) is 25.7 Å². The lowest BCUT2D eigenvalue weighted by Crippen LogP contribution is -2.21. The van der Waals surface area contributed by atoms with Gasteiger partial charge in [-0.3, -0.25) is 4.79 Å². The molecule has 2 N–H and O–H groups in total. The molecule has 0 aromatic carbocycles. The second kappa shape index (κ2) is 14.0. The zero-order chi connectivity index (χ0) is 18.4. The van der Waals surface area contributed by atoms with E-state index in [9.17, 15) is 4.79 Å². The highest BCUT2D eigenvalue weighted by Gasteiger charge is 2.06. The summed E-state index contributed by atoms with van der Waals surface area (Å²) in [5.74, 6) is -0.346. The van der Waals surface area contributed by atoms with Crippen molar-refractivity contribution in [1.82, 2.24) is 0 Å². The molecule has 1 unspecified atom stereocenters. The van der Waals surface area contributed by atoms with Gasteiger partial charge in [-0.25, -0.2) is 0 Å². The molecule has 1 atom stereocenters. The van der Waals surface area contributed by atoms with E-state index in [1.54, 1.807) is 0 Å². The summed E-state index contributed by atoms with van der Waals surface area (Å²) in [6.07, 6.45) is 10.8. The van der Waals surface area contributed by atoms with E-state index >= 15 is 0 Å². The minimum absolute atomic E-state index is 0.144. The molecule has 0 spiro atoms. The van der Waals surface area contributed by atoms with Crippen molar-refractivity contribution in [2.75, 3.05) is 13.2 Å². The second-order valence-electron chi connectivity index (χ2n) is 6.52. The molecule has 0 saturated heterocycles. The van der Waals surface area contributed by atoms with Crippen LogP contribution in [0.4, 0.5) is 0 Å². The Bertz CT molecular complexity index is 443. The maximum Gasteiger partial charge on any atom is 0.306 e. The summed E-state index contributed by atoms with van der Waals surface area (Å²) in [6, 6.07) is 0. The molecular weight excluding hydrogens is 304 g/mol. The van der Waals surface area contributed by atoms with Crippen LogP contribution in [-0.4, -0.2) is 35.5 Å². The number of hydrogen-bond donors (Lipinski definition) is 2. The molecule has 138 valence electrons. The first-order valence-electron chi connectivity index (χ1n) is 8.74. The van der Waals surface area contributed by atoms with Crippen LogP contribution in [0.15, 0.2) is 34.9 Å². The number of carbonyl (C=O) groups excluding carboxylic acids is 1. The van der Waals surface area contributed by atoms with Crippen molar-refractivity contribution in [3.8, 4) is 0 Å². The summed E-state index contributed by atoms with van der Waals surface area (Å²) < 4.78 is 4.85. The normalized spacial score (nSPS) is 13.6. The lowest BCUT2D eigenvalue weighted by Gasteiger charge is -2.07. The van der Waals surface area contributed by atoms with E-state index in [-0.39, 0.29) is 12.6 Å². The Morgan fingerprint density at radius 2 is 1.42 bits per heavy atom. The Balaban J connectivity index is 3.90. The van der Waals surface area contributed by atoms with E-state index < -0.39 is 12.7 Å². The number of ether oxygens (including phenoxy) is 1. The molecule has 0 aliphatic rings. The van der Waals surface area contributed by atoms with Crippen LogP contribution < -0.4 is 0 Å². The molecule has 0 saturated carbocycles. The fraction of sp³-hybridized carbons (Fsp3) is 0.650. The highest BCUT2D eigenvalue weighted by molar-refractivity contribution is 5.69. The first kappa shape index (κ1) is 22.6. The zero-order valence-corrected chi connectivity index (χ0v) is 15.7. The van der Waals surface area contributed by atoms with E-state index in [2.05, 4.69) is 45.9 Å². The molecule has 0 rings (SSSR count). The van der Waals surface area contributed by atoms with E-state index in [0.29, 0.717) is 12.8 Å². The van der Waals surface area contributed by atoms with Gasteiger partial charge in [-0.05, 0) is 59.8 Å². The largest absolute Gasteiger partial charge is 0.463 e. The summed E-state index contributed by atoms with van der Waals surface area (Å²) in [6.45, 7) is 7.96. The number of hydrogen-bond acceptors (Lipinski definition) is 4. The van der Waals surface area contributed by atoms with Crippen molar-refractivity contribution in [3.05, 3.63) is 34.9 Å². The fourth-order valence-corrected chi connectivity index (χ4v) is 2.09. The summed E-state index contributed by atoms with van der Waals surface area (Å²) in [5, 5.41) is 17.7. The second-order valence-corrected chi connectivity index (χ2v) is 6.52. The Morgan fingerprint density at radius 1 is 0.917 bits per heavy atom. The fourth-order valence-electron chi connectivity index (χ4n) is 2.09. The maximum absolute atomic E-state index is 11.4. The first-order valence-corrected chi connectivity index (χ1v) is 8.74. The monoisotopic (exact) mass is 338 g/mol. The number of rotatable bonds is 12. The van der Waals surface area contributed by atoms with Gasteiger partial charge in [0.25, 0.3) is 0 Å². The Labute approximate surface area is 146 Å². The van der Waals surface area contributed by atoms with Crippen LogP contribution in [0.2, 0.25) is 0 Å². The Morgan fingerprint density at radius 3 is 1.92 bits per heavy atom. The van der Waals surface area contributed by atoms with Gasteiger partial charge in [0.1, 0.15) is 12.7 Å². The van der Waals surface area contributed by atoms with Crippen LogP contribution in [0, 0.1) is 0 Å². The standard InChI is InChI=1S/C20H34O4/c1-16(2)8-5-9-17(3)10-6-11-18(4)12-7-13-20(23)24-15-19(22)14-21/h8,10,12,19,21-22H,5-7,9,11,13-15H2,1-4H3/b17-10+,18-12+. The van der Waals surface area contributed by atoms with Gasteiger partial charge in [0.15, 0.2) is 0 Å². The van der Waals surface area contributed by atoms with Crippen LogP contribution in [0.1, 0.15) is 66.2 Å². The number of aliphatic hydroxyl groups excluding tert-OH is 2. The number of aliphatic hydroxyl groups is 2. The Kier molecular flexibility index (Phi) is 13.2. The SMILES string of the molecule is CC(C)=CCC/C(C)=C/CC/C(C)=C/CCC(=O)OCC(O)CO. The minimum Gasteiger partial charge on any atom is -0.463 e. The zero-order valence-electron chi connectivity index (χ0n) is 15.7. The molecule has 0 radical (unpaired) electrons. The van der Waals surface area contributed by atoms with Crippen LogP contribution in [-0.2, 0) is 9.53 Å². The molecule has 0 fully saturated rings. The molecule has 0 heterocycles. The topological polar surface area (TPSA) is 66.8 Å². The molecular formula is C20H34O4. The molecule has 0 aromatic heterocycles. The highest BCUT2D eigenvalue weighted by Crippen LogP contribution is 2.12. The third-order valence-electron chi connectivity index (χ3n) is 3.61. The maximum atomic E-state index is 11.4. The molecule has 0 aliphatic carbocycles. The number of esters is 1. The summed E-state index contributed by atoms with van der Waals surface area (Å²) >= 11 is 0. The first-order chi connectivity index (χ1) is 11.3. The third-order valence-corrected chi connectivity index (χ3v) is 3.61. The van der Waals surface area contributed by atoms with Crippen molar-refractivity contribution in [2.45, 2.75) is 72.3 Å². The lowest BCUT2D eigenvalue weighted by molar-refractivity contribution is -0.147. The average Bonchev–Trinajstić information content (AvgIpc) is 2.52. The average molecular weight is 338 g/mol. The van der Waals surface area contributed by atoms with Crippen molar-refractivity contribution in [2.24, 2.45) is 0 Å². The van der Waals surface area contributed by atoms with Crippen LogP contribution in [0.25, 0.3) is 0 Å². The van der Waals surface area contributed by atoms with Gasteiger partial charge in [-0.2, -0.15) is 0 Å². The summed E-state index contributed by atoms with van der Waals surface area (Å²) in [7, 11) is 0. The van der Waals surface area contributed by atoms with E-state index in [4.69, 9.17) is 14.9 Å². The number of carbonyl (C=O) groups is 1. The quantitative estimate of drug-likeness (QED) is 0.415. The van der Waals surface area contributed by atoms with Crippen LogP contribution in [0.5, 0.6) is 0 Å². The van der Waals surface area contributed by atoms with Gasteiger partial charge >= 0.3 is 5.97 Å². The van der Waals surface area contributed by atoms with Gasteiger partial charge in [0, 0.05) is 6.42 Å². The molecule has 4 nitrogen and oxygen atoms in total. The molecule has 4 heteroatoms. The minimum atomic E-state index is -0.988. The van der Waals surface area contributed by atoms with E-state index in [1.807, 2.05) is 0 Å². The number of allylic oxidation sites excluding steroid dienone is 6. The predicted octanol–water partition coefficient (Wildman–Crippen LogP) is 4.08. The van der Waals surface area contributed by atoms with Gasteiger partial charge in [0.2, 0.25) is 0 Å². The smallest absolute Gasteiger partial charge is 0.306 e. The van der Waals surface area contributed by atoms with Crippen molar-refractivity contribution < 1.29 is 19.7 Å². The predicted molar refractivity (Wildman–Crippen MR) is 98.7 cm³/mol. The molecule has 24 heavy (non-hydrogen) atoms. The Hall–Kier alpha value is -1.39. The van der Waals surface area contributed by atoms with Crippen molar-refractivity contribution in [3.63, 3.8) is 0 Å². The van der Waals surface area contributed by atoms with Gasteiger partial charge in [0.05, 0.1) is 6.61 Å². The van der Waals surface area contributed by atoms with Crippen molar-refractivity contribution >= 4 is 5.97 Å². The highest BCUT2D eigenvalue weighted by atomic mass is 16.5.